The van der Waals surface area contributed by atoms with Gasteiger partial charge in [0.05, 0.1) is 38.1 Å². The number of urea groups is 1. The third-order valence-electron chi connectivity index (χ3n) is 6.34. The summed E-state index contributed by atoms with van der Waals surface area (Å²) in [6.45, 7) is 4.73. The molecule has 10 heteroatoms. The Hall–Kier alpha value is -3.79. The van der Waals surface area contributed by atoms with Gasteiger partial charge in [-0.25, -0.2) is 14.0 Å². The Labute approximate surface area is 209 Å². The number of methoxy groups -OCH3 is 2. The second-order valence-corrected chi connectivity index (χ2v) is 8.44. The lowest BCUT2D eigenvalue weighted by Crippen LogP contribution is -2.52. The zero-order chi connectivity index (χ0) is 25.7. The fourth-order valence-corrected chi connectivity index (χ4v) is 4.64. The maximum absolute atomic E-state index is 14.2. The van der Waals surface area contributed by atoms with Crippen molar-refractivity contribution in [3.63, 3.8) is 0 Å². The van der Waals surface area contributed by atoms with E-state index in [0.717, 1.165) is 0 Å². The number of carbonyl (C=O) groups excluding carboxylic acids is 2. The van der Waals surface area contributed by atoms with Gasteiger partial charge in [-0.1, -0.05) is 24.3 Å². The van der Waals surface area contributed by atoms with Crippen molar-refractivity contribution in [3.05, 3.63) is 65.1 Å². The van der Waals surface area contributed by atoms with Crippen molar-refractivity contribution in [1.29, 1.82) is 0 Å². The number of ether oxygens (including phenoxy) is 3. The highest BCUT2D eigenvalue weighted by atomic mass is 19.1. The van der Waals surface area contributed by atoms with Crippen LogP contribution in [0.5, 0.6) is 11.5 Å². The zero-order valence-electron chi connectivity index (χ0n) is 20.7. The predicted molar refractivity (Wildman–Crippen MR) is 133 cm³/mol. The maximum Gasteiger partial charge on any atom is 0.338 e. The number of esters is 1. The third kappa shape index (κ3) is 5.23. The van der Waals surface area contributed by atoms with Crippen LogP contribution in [0.25, 0.3) is 0 Å². The van der Waals surface area contributed by atoms with E-state index >= 15 is 0 Å². The smallest absolute Gasteiger partial charge is 0.338 e. The quantitative estimate of drug-likeness (QED) is 0.541. The van der Waals surface area contributed by atoms with Crippen LogP contribution in [0.1, 0.15) is 18.5 Å². The summed E-state index contributed by atoms with van der Waals surface area (Å²) in [6, 6.07) is 10.8. The highest BCUT2D eigenvalue weighted by Gasteiger charge is 2.36. The van der Waals surface area contributed by atoms with Crippen LogP contribution in [0.4, 0.5) is 14.9 Å². The van der Waals surface area contributed by atoms with E-state index in [1.807, 2.05) is 11.0 Å². The minimum atomic E-state index is -0.794. The Bertz CT molecular complexity index is 1150. The molecule has 192 valence electrons. The van der Waals surface area contributed by atoms with Gasteiger partial charge in [0, 0.05) is 44.0 Å². The van der Waals surface area contributed by atoms with Crippen LogP contribution in [0.2, 0.25) is 0 Å². The largest absolute Gasteiger partial charge is 0.493 e. The molecule has 0 saturated carbocycles. The van der Waals surface area contributed by atoms with Crippen LogP contribution in [0.15, 0.2) is 53.7 Å². The minimum Gasteiger partial charge on any atom is -0.493 e. The summed E-state index contributed by atoms with van der Waals surface area (Å²) in [5.41, 5.74) is 1.92. The number of carbonyl (C=O) groups is 2. The lowest BCUT2D eigenvalue weighted by molar-refractivity contribution is -0.139. The van der Waals surface area contributed by atoms with E-state index in [0.29, 0.717) is 66.7 Å². The third-order valence-corrected chi connectivity index (χ3v) is 6.34. The molecule has 0 unspecified atom stereocenters. The molecule has 2 aliphatic heterocycles. The molecule has 1 saturated heterocycles. The van der Waals surface area contributed by atoms with Gasteiger partial charge in [-0.05, 0) is 25.1 Å². The topological polar surface area (TPSA) is 92.4 Å². The molecule has 1 fully saturated rings. The van der Waals surface area contributed by atoms with Gasteiger partial charge in [0.1, 0.15) is 5.82 Å². The van der Waals surface area contributed by atoms with Crippen molar-refractivity contribution in [2.24, 2.45) is 0 Å². The van der Waals surface area contributed by atoms with Crippen molar-refractivity contribution in [2.75, 3.05) is 58.5 Å². The number of amides is 2. The number of anilines is 1. The molecular formula is C26H31FN4O5. The normalized spacial score (nSPS) is 18.4. The summed E-state index contributed by atoms with van der Waals surface area (Å²) in [7, 11) is 3.03. The Morgan fingerprint density at radius 2 is 1.81 bits per heavy atom. The molecule has 4 rings (SSSR count). The predicted octanol–water partition coefficient (Wildman–Crippen LogP) is 2.84. The van der Waals surface area contributed by atoms with Crippen molar-refractivity contribution in [3.8, 4) is 11.5 Å². The molecular weight excluding hydrogens is 467 g/mol. The summed E-state index contributed by atoms with van der Waals surface area (Å²) in [6.07, 6.45) is 0. The first-order chi connectivity index (χ1) is 17.5. The van der Waals surface area contributed by atoms with E-state index in [1.54, 1.807) is 37.3 Å². The van der Waals surface area contributed by atoms with Crippen molar-refractivity contribution >= 4 is 17.7 Å². The standard InChI is InChI=1S/C26H31FN4O5/c1-4-36-25(32)22-19(16-30-12-14-31(15-13-30)20-10-6-5-9-18(20)27)28-26(33)29-23(22)17-8-7-11-21(34-2)24(17)35-3/h5-11,23H,4,12-16H2,1-3H3,(H2,28,29,33)/t23-/m1/s1. The Kier molecular flexibility index (Phi) is 7.94. The summed E-state index contributed by atoms with van der Waals surface area (Å²) in [5.74, 6) is 0.127. The molecule has 0 spiro atoms. The number of nitrogens with one attached hydrogen (secondary N) is 2. The monoisotopic (exact) mass is 498 g/mol. The van der Waals surface area contributed by atoms with Gasteiger partial charge in [-0.15, -0.1) is 0 Å². The molecule has 0 aliphatic carbocycles. The van der Waals surface area contributed by atoms with Gasteiger partial charge >= 0.3 is 12.0 Å². The Morgan fingerprint density at radius 3 is 2.47 bits per heavy atom. The molecule has 0 aromatic heterocycles. The summed E-state index contributed by atoms with van der Waals surface area (Å²) < 4.78 is 30.6. The van der Waals surface area contributed by atoms with Gasteiger partial charge in [-0.2, -0.15) is 0 Å². The Balaban J connectivity index is 1.63. The zero-order valence-corrected chi connectivity index (χ0v) is 20.7. The second kappa shape index (κ2) is 11.3. The number of hydrogen-bond acceptors (Lipinski definition) is 7. The molecule has 2 N–H and O–H groups in total. The molecule has 2 aromatic carbocycles. The first-order valence-electron chi connectivity index (χ1n) is 11.9. The van der Waals surface area contributed by atoms with Crippen LogP contribution in [0, 0.1) is 5.82 Å². The fourth-order valence-electron chi connectivity index (χ4n) is 4.64. The number of nitrogens with zero attached hydrogens (tertiary/aromatic N) is 2. The maximum atomic E-state index is 14.2. The van der Waals surface area contributed by atoms with E-state index in [9.17, 15) is 14.0 Å². The molecule has 9 nitrogen and oxygen atoms in total. The van der Waals surface area contributed by atoms with Crippen LogP contribution >= 0.6 is 0 Å². The van der Waals surface area contributed by atoms with Gasteiger partial charge in [0.25, 0.3) is 0 Å². The molecule has 1 atom stereocenters. The van der Waals surface area contributed by atoms with E-state index in [4.69, 9.17) is 14.2 Å². The molecule has 0 radical (unpaired) electrons. The number of para-hydroxylation sites is 2. The van der Waals surface area contributed by atoms with Gasteiger partial charge in [0.2, 0.25) is 0 Å². The highest BCUT2D eigenvalue weighted by Crippen LogP contribution is 2.39. The molecule has 2 aromatic rings. The van der Waals surface area contributed by atoms with E-state index in [2.05, 4.69) is 15.5 Å². The first-order valence-corrected chi connectivity index (χ1v) is 11.9. The first kappa shape index (κ1) is 25.3. The van der Waals surface area contributed by atoms with Crippen molar-refractivity contribution < 1.29 is 28.2 Å². The SMILES string of the molecule is CCOC(=O)C1=C(CN2CCN(c3ccccc3F)CC2)NC(=O)N[C@@H]1c1cccc(OC)c1OC. The molecule has 36 heavy (non-hydrogen) atoms. The van der Waals surface area contributed by atoms with E-state index < -0.39 is 18.0 Å². The number of hydrogen-bond donors (Lipinski definition) is 2. The summed E-state index contributed by atoms with van der Waals surface area (Å²) in [5, 5.41) is 5.65. The van der Waals surface area contributed by atoms with Crippen LogP contribution in [0.3, 0.4) is 0 Å². The number of benzene rings is 2. The second-order valence-electron chi connectivity index (χ2n) is 8.44. The lowest BCUT2D eigenvalue weighted by Gasteiger charge is -2.38. The average molecular weight is 499 g/mol. The van der Waals surface area contributed by atoms with Crippen LogP contribution in [-0.4, -0.2) is 70.5 Å². The average Bonchev–Trinajstić information content (AvgIpc) is 2.88. The Morgan fingerprint density at radius 1 is 1.06 bits per heavy atom. The van der Waals surface area contributed by atoms with Crippen LogP contribution in [-0.2, 0) is 9.53 Å². The molecule has 0 bridgehead atoms. The minimum absolute atomic E-state index is 0.187. The van der Waals surface area contributed by atoms with Crippen LogP contribution < -0.4 is 25.0 Å². The highest BCUT2D eigenvalue weighted by molar-refractivity contribution is 5.95. The van der Waals surface area contributed by atoms with E-state index in [1.165, 1.54) is 20.3 Å². The lowest BCUT2D eigenvalue weighted by atomic mass is 9.93. The molecule has 2 amide bonds. The summed E-state index contributed by atoms with van der Waals surface area (Å²) in [4.78, 5) is 30.0. The summed E-state index contributed by atoms with van der Waals surface area (Å²) >= 11 is 0. The fraction of sp³-hybridized carbons (Fsp3) is 0.385. The van der Waals surface area contributed by atoms with Gasteiger partial charge < -0.3 is 29.7 Å². The number of piperazine rings is 1. The van der Waals surface area contributed by atoms with Gasteiger partial charge in [0.15, 0.2) is 11.5 Å². The molecule has 2 aliphatic rings. The van der Waals surface area contributed by atoms with Crippen molar-refractivity contribution in [1.82, 2.24) is 15.5 Å². The number of halogens is 1. The van der Waals surface area contributed by atoms with E-state index in [-0.39, 0.29) is 12.4 Å². The van der Waals surface area contributed by atoms with Crippen molar-refractivity contribution in [2.45, 2.75) is 13.0 Å². The van der Waals surface area contributed by atoms with Gasteiger partial charge in [-0.3, -0.25) is 4.90 Å². The molecule has 2 heterocycles. The number of rotatable bonds is 8.